The van der Waals surface area contributed by atoms with Gasteiger partial charge in [-0.3, -0.25) is 9.79 Å². The summed E-state index contributed by atoms with van der Waals surface area (Å²) in [5.41, 5.74) is 4.19. The van der Waals surface area contributed by atoms with E-state index in [0.717, 1.165) is 38.6 Å². The van der Waals surface area contributed by atoms with Crippen molar-refractivity contribution in [2.24, 2.45) is 4.99 Å². The lowest BCUT2D eigenvalue weighted by Crippen LogP contribution is -2.49. The standard InChI is InChI=1S/C25H32N4O/c1-26-24(28-19-25(14-8-15-25)22-11-3-2-4-12-22)27-16-7-13-23(30)29-17-20-9-5-6-10-21(20)18-29/h2-6,9-12H,7-8,13-19H2,1H3,(H2,26,27,28). The summed E-state index contributed by atoms with van der Waals surface area (Å²) in [6.45, 7) is 3.12. The Labute approximate surface area is 179 Å². The zero-order valence-electron chi connectivity index (χ0n) is 17.9. The smallest absolute Gasteiger partial charge is 0.223 e. The number of aliphatic imine (C=N–C) groups is 1. The molecule has 2 N–H and O–H groups in total. The normalized spacial score (nSPS) is 17.2. The van der Waals surface area contributed by atoms with Crippen LogP contribution in [0.15, 0.2) is 59.6 Å². The number of benzene rings is 2. The van der Waals surface area contributed by atoms with Gasteiger partial charge in [-0.1, -0.05) is 61.0 Å². The van der Waals surface area contributed by atoms with Crippen LogP contribution in [-0.2, 0) is 23.3 Å². The van der Waals surface area contributed by atoms with Crippen molar-refractivity contribution in [1.82, 2.24) is 15.5 Å². The van der Waals surface area contributed by atoms with Crippen molar-refractivity contribution in [3.63, 3.8) is 0 Å². The first-order valence-electron chi connectivity index (χ1n) is 11.0. The number of rotatable bonds is 7. The highest BCUT2D eigenvalue weighted by Crippen LogP contribution is 2.43. The molecule has 2 aromatic carbocycles. The number of nitrogens with zero attached hydrogens (tertiary/aromatic N) is 2. The van der Waals surface area contributed by atoms with E-state index < -0.39 is 0 Å². The van der Waals surface area contributed by atoms with Crippen LogP contribution in [0, 0.1) is 0 Å². The highest BCUT2D eigenvalue weighted by molar-refractivity contribution is 5.80. The largest absolute Gasteiger partial charge is 0.356 e. The Morgan fingerprint density at radius 2 is 1.67 bits per heavy atom. The molecular weight excluding hydrogens is 372 g/mol. The van der Waals surface area contributed by atoms with Crippen LogP contribution in [0.2, 0.25) is 0 Å². The van der Waals surface area contributed by atoms with Crippen LogP contribution < -0.4 is 10.6 Å². The van der Waals surface area contributed by atoms with Gasteiger partial charge in [-0.05, 0) is 36.0 Å². The predicted molar refractivity (Wildman–Crippen MR) is 121 cm³/mol. The molecule has 0 saturated heterocycles. The summed E-state index contributed by atoms with van der Waals surface area (Å²) < 4.78 is 0. The van der Waals surface area contributed by atoms with Crippen molar-refractivity contribution in [3.05, 3.63) is 71.3 Å². The fraction of sp³-hybridized carbons (Fsp3) is 0.440. The van der Waals surface area contributed by atoms with Gasteiger partial charge >= 0.3 is 0 Å². The molecule has 1 amide bonds. The SMILES string of the molecule is CN=C(NCCCC(=O)N1Cc2ccccc2C1)NCC1(c2ccccc2)CCC1. The lowest BCUT2D eigenvalue weighted by Gasteiger charge is -2.43. The van der Waals surface area contributed by atoms with Gasteiger partial charge in [0.15, 0.2) is 5.96 Å². The fourth-order valence-corrected chi connectivity index (χ4v) is 4.55. The molecule has 2 aromatic rings. The number of carbonyl (C=O) groups is 1. The summed E-state index contributed by atoms with van der Waals surface area (Å²) in [6.07, 6.45) is 5.08. The summed E-state index contributed by atoms with van der Waals surface area (Å²) in [6, 6.07) is 19.1. The van der Waals surface area contributed by atoms with E-state index >= 15 is 0 Å². The Balaban J connectivity index is 1.19. The molecule has 2 aliphatic rings. The molecule has 5 nitrogen and oxygen atoms in total. The fourth-order valence-electron chi connectivity index (χ4n) is 4.55. The van der Waals surface area contributed by atoms with Crippen molar-refractivity contribution in [1.29, 1.82) is 0 Å². The average Bonchev–Trinajstić information content (AvgIpc) is 3.19. The molecule has 5 heteroatoms. The maximum atomic E-state index is 12.5. The summed E-state index contributed by atoms with van der Waals surface area (Å²) in [5.74, 6) is 1.05. The Kier molecular flexibility index (Phi) is 6.36. The maximum Gasteiger partial charge on any atom is 0.223 e. The molecular formula is C25H32N4O. The molecule has 1 aliphatic carbocycles. The van der Waals surface area contributed by atoms with Gasteiger partial charge in [-0.25, -0.2) is 0 Å². The Bertz CT molecular complexity index is 864. The zero-order valence-corrected chi connectivity index (χ0v) is 17.9. The number of hydrogen-bond donors (Lipinski definition) is 2. The summed E-state index contributed by atoms with van der Waals surface area (Å²) in [5, 5.41) is 6.88. The first-order valence-corrected chi connectivity index (χ1v) is 11.0. The van der Waals surface area contributed by atoms with Crippen molar-refractivity contribution in [3.8, 4) is 0 Å². The molecule has 0 atom stereocenters. The number of carbonyl (C=O) groups excluding carboxylic acids is 1. The number of amides is 1. The molecule has 4 rings (SSSR count). The molecule has 0 spiro atoms. The Morgan fingerprint density at radius 3 is 2.27 bits per heavy atom. The van der Waals surface area contributed by atoms with Crippen LogP contribution in [0.5, 0.6) is 0 Å². The van der Waals surface area contributed by atoms with Crippen molar-refractivity contribution in [2.45, 2.75) is 50.6 Å². The predicted octanol–water partition coefficient (Wildman–Crippen LogP) is 3.60. The van der Waals surface area contributed by atoms with Crippen LogP contribution in [0.3, 0.4) is 0 Å². The minimum atomic E-state index is 0.222. The second-order valence-corrected chi connectivity index (χ2v) is 8.47. The molecule has 1 fully saturated rings. The summed E-state index contributed by atoms with van der Waals surface area (Å²) >= 11 is 0. The third-order valence-corrected chi connectivity index (χ3v) is 6.57. The molecule has 158 valence electrons. The highest BCUT2D eigenvalue weighted by Gasteiger charge is 2.38. The second kappa shape index (κ2) is 9.33. The van der Waals surface area contributed by atoms with Crippen LogP contribution in [-0.4, -0.2) is 36.9 Å². The highest BCUT2D eigenvalue weighted by atomic mass is 16.2. The second-order valence-electron chi connectivity index (χ2n) is 8.47. The maximum absolute atomic E-state index is 12.5. The van der Waals surface area contributed by atoms with E-state index in [-0.39, 0.29) is 11.3 Å². The molecule has 1 saturated carbocycles. The first-order chi connectivity index (χ1) is 14.7. The third-order valence-electron chi connectivity index (χ3n) is 6.57. The van der Waals surface area contributed by atoms with E-state index in [9.17, 15) is 4.79 Å². The van der Waals surface area contributed by atoms with E-state index in [1.807, 2.05) is 17.0 Å². The van der Waals surface area contributed by atoms with E-state index in [1.165, 1.54) is 36.0 Å². The summed E-state index contributed by atoms with van der Waals surface area (Å²) in [4.78, 5) is 18.9. The van der Waals surface area contributed by atoms with Gasteiger partial charge in [0.25, 0.3) is 0 Å². The van der Waals surface area contributed by atoms with Gasteiger partial charge < -0.3 is 15.5 Å². The van der Waals surface area contributed by atoms with Gasteiger partial charge in [0.1, 0.15) is 0 Å². The number of nitrogens with one attached hydrogen (secondary N) is 2. The quantitative estimate of drug-likeness (QED) is 0.421. The van der Waals surface area contributed by atoms with Gasteiger partial charge in [0, 0.05) is 45.1 Å². The Morgan fingerprint density at radius 1 is 1.00 bits per heavy atom. The first kappa shape index (κ1) is 20.5. The average molecular weight is 405 g/mol. The van der Waals surface area contributed by atoms with Gasteiger partial charge in [0.05, 0.1) is 0 Å². The molecule has 0 bridgehead atoms. The number of hydrogen-bond acceptors (Lipinski definition) is 2. The van der Waals surface area contributed by atoms with E-state index in [1.54, 1.807) is 7.05 Å². The minimum Gasteiger partial charge on any atom is -0.356 e. The topological polar surface area (TPSA) is 56.7 Å². The van der Waals surface area contributed by atoms with Crippen molar-refractivity contribution in [2.75, 3.05) is 20.1 Å². The lowest BCUT2D eigenvalue weighted by molar-refractivity contribution is -0.131. The monoisotopic (exact) mass is 404 g/mol. The minimum absolute atomic E-state index is 0.222. The molecule has 30 heavy (non-hydrogen) atoms. The lowest BCUT2D eigenvalue weighted by atomic mass is 9.64. The van der Waals surface area contributed by atoms with E-state index in [4.69, 9.17) is 0 Å². The molecule has 1 heterocycles. The third kappa shape index (κ3) is 4.50. The molecule has 0 aromatic heterocycles. The van der Waals surface area contributed by atoms with Gasteiger partial charge in [-0.2, -0.15) is 0 Å². The Hall–Kier alpha value is -2.82. The number of guanidine groups is 1. The molecule has 1 aliphatic heterocycles. The van der Waals surface area contributed by atoms with Gasteiger partial charge in [0.2, 0.25) is 5.91 Å². The molecule has 0 radical (unpaired) electrons. The van der Waals surface area contributed by atoms with Crippen LogP contribution in [0.25, 0.3) is 0 Å². The summed E-state index contributed by atoms with van der Waals surface area (Å²) in [7, 11) is 1.80. The molecule has 0 unspecified atom stereocenters. The van der Waals surface area contributed by atoms with E-state index in [0.29, 0.717) is 6.42 Å². The van der Waals surface area contributed by atoms with Crippen LogP contribution in [0.4, 0.5) is 0 Å². The zero-order chi connectivity index (χ0) is 20.8. The van der Waals surface area contributed by atoms with Crippen LogP contribution >= 0.6 is 0 Å². The van der Waals surface area contributed by atoms with Gasteiger partial charge in [-0.15, -0.1) is 0 Å². The number of fused-ring (bicyclic) bond motifs is 1. The van der Waals surface area contributed by atoms with E-state index in [2.05, 4.69) is 58.1 Å². The van der Waals surface area contributed by atoms with Crippen LogP contribution in [0.1, 0.15) is 48.8 Å². The van der Waals surface area contributed by atoms with Crippen molar-refractivity contribution >= 4 is 11.9 Å². The van der Waals surface area contributed by atoms with Crippen molar-refractivity contribution < 1.29 is 4.79 Å².